The number of rotatable bonds is 5. The zero-order chi connectivity index (χ0) is 25.2. The summed E-state index contributed by atoms with van der Waals surface area (Å²) in [6, 6.07) is 16.8. The lowest BCUT2D eigenvalue weighted by Gasteiger charge is -2.57. The molecule has 1 saturated carbocycles. The van der Waals surface area contributed by atoms with Crippen molar-refractivity contribution < 1.29 is 14.7 Å². The third-order valence-corrected chi connectivity index (χ3v) is 8.55. The van der Waals surface area contributed by atoms with E-state index in [4.69, 9.17) is 0 Å². The molecule has 1 N–H and O–H groups in total. The molecule has 6 heteroatoms. The number of benzene rings is 2. The van der Waals surface area contributed by atoms with Crippen molar-refractivity contribution in [2.24, 2.45) is 5.92 Å². The summed E-state index contributed by atoms with van der Waals surface area (Å²) in [5, 5.41) is 10.3. The summed E-state index contributed by atoms with van der Waals surface area (Å²) in [6.45, 7) is 2.76. The van der Waals surface area contributed by atoms with Crippen LogP contribution in [-0.4, -0.2) is 84.0 Å². The number of nitrogens with zero attached hydrogens (tertiary/aromatic N) is 3. The first-order valence-corrected chi connectivity index (χ1v) is 13.6. The molecule has 2 aliphatic heterocycles. The van der Waals surface area contributed by atoms with E-state index in [-0.39, 0.29) is 36.4 Å². The van der Waals surface area contributed by atoms with Gasteiger partial charge in [-0.05, 0) is 61.1 Å². The van der Waals surface area contributed by atoms with E-state index >= 15 is 0 Å². The molecule has 3 fully saturated rings. The van der Waals surface area contributed by atoms with Gasteiger partial charge >= 0.3 is 0 Å². The molecular formula is C30H39N3O3. The minimum atomic E-state index is 0.00105. The van der Waals surface area contributed by atoms with Gasteiger partial charge < -0.3 is 14.9 Å². The molecule has 0 aromatic heterocycles. The van der Waals surface area contributed by atoms with Crippen LogP contribution in [0.3, 0.4) is 0 Å². The Morgan fingerprint density at radius 1 is 0.889 bits per heavy atom. The fourth-order valence-corrected chi connectivity index (χ4v) is 6.53. The Hall–Kier alpha value is -2.70. The molecule has 0 bridgehead atoms. The number of fused-ring (bicyclic) bond motifs is 1. The van der Waals surface area contributed by atoms with Crippen LogP contribution < -0.4 is 0 Å². The van der Waals surface area contributed by atoms with Crippen LogP contribution in [0.4, 0.5) is 0 Å². The van der Waals surface area contributed by atoms with Gasteiger partial charge in [0.25, 0.3) is 5.91 Å². The van der Waals surface area contributed by atoms with Gasteiger partial charge in [0.15, 0.2) is 0 Å². The highest BCUT2D eigenvalue weighted by Crippen LogP contribution is 2.42. The number of carbonyl (C=O) groups is 2. The topological polar surface area (TPSA) is 64.1 Å². The summed E-state index contributed by atoms with van der Waals surface area (Å²) in [6.07, 6.45) is 6.54. The Morgan fingerprint density at radius 2 is 1.50 bits per heavy atom. The van der Waals surface area contributed by atoms with E-state index in [1.807, 2.05) is 24.3 Å². The van der Waals surface area contributed by atoms with Gasteiger partial charge in [0.05, 0.1) is 6.61 Å². The van der Waals surface area contributed by atoms with E-state index in [2.05, 4.69) is 34.1 Å². The minimum Gasteiger partial charge on any atom is -0.395 e. The molecule has 0 radical (unpaired) electrons. The first-order valence-electron chi connectivity index (χ1n) is 13.6. The summed E-state index contributed by atoms with van der Waals surface area (Å²) in [5.74, 6) is 0.790. The molecule has 0 spiro atoms. The first-order chi connectivity index (χ1) is 17.5. The minimum absolute atomic E-state index is 0.00105. The van der Waals surface area contributed by atoms with Crippen LogP contribution in [0.2, 0.25) is 0 Å². The average Bonchev–Trinajstić information content (AvgIpc) is 3.42. The molecular weight excluding hydrogens is 450 g/mol. The molecule has 192 valence electrons. The zero-order valence-corrected chi connectivity index (χ0v) is 21.6. The third-order valence-electron chi connectivity index (χ3n) is 8.55. The summed E-state index contributed by atoms with van der Waals surface area (Å²) < 4.78 is 0. The second kappa shape index (κ2) is 10.7. The Kier molecular flexibility index (Phi) is 7.44. The van der Waals surface area contributed by atoms with Crippen LogP contribution in [-0.2, 0) is 4.79 Å². The second-order valence-corrected chi connectivity index (χ2v) is 11.0. The van der Waals surface area contributed by atoms with Crippen molar-refractivity contribution >= 4 is 11.8 Å². The Labute approximate surface area is 214 Å². The largest absolute Gasteiger partial charge is 0.395 e. The molecule has 2 saturated heterocycles. The fourth-order valence-electron chi connectivity index (χ4n) is 6.53. The zero-order valence-electron chi connectivity index (χ0n) is 21.6. The summed E-state index contributed by atoms with van der Waals surface area (Å²) in [4.78, 5) is 31.6. The number of aliphatic hydroxyl groups excluding tert-OH is 1. The highest BCUT2D eigenvalue weighted by molar-refractivity contribution is 5.94. The highest BCUT2D eigenvalue weighted by Gasteiger charge is 2.49. The van der Waals surface area contributed by atoms with Crippen LogP contribution in [0, 0.1) is 5.92 Å². The SMILES string of the molecule is CN(C)C(=O)c1ccc(-c2ccc([C@@H]3[C@@H](CO)N4CCCCN(C(=O)C5CCCC5)C[C@H]34)cc2)cc1. The highest BCUT2D eigenvalue weighted by atomic mass is 16.3. The molecule has 36 heavy (non-hydrogen) atoms. The van der Waals surface area contributed by atoms with Crippen LogP contribution in [0.5, 0.6) is 0 Å². The standard InChI is InChI=1S/C30H39N3O3/c1-31(2)29(35)25-15-11-22(12-16-25)21-9-13-23(14-10-21)28-26-19-32(30(36)24-7-3-4-8-24)17-5-6-18-33(26)27(28)20-34/h9-16,24,26-28,34H,3-8,17-20H2,1-2H3/t26-,27-,28+/m1/s1. The Morgan fingerprint density at radius 3 is 2.11 bits per heavy atom. The predicted molar refractivity (Wildman–Crippen MR) is 142 cm³/mol. The van der Waals surface area contributed by atoms with Crippen molar-refractivity contribution in [1.82, 2.24) is 14.7 Å². The lowest BCUT2D eigenvalue weighted by molar-refractivity contribution is -0.140. The van der Waals surface area contributed by atoms with Crippen molar-refractivity contribution in [3.63, 3.8) is 0 Å². The molecule has 0 unspecified atom stereocenters. The van der Waals surface area contributed by atoms with Crippen LogP contribution in [0.1, 0.15) is 60.4 Å². The van der Waals surface area contributed by atoms with Crippen LogP contribution in [0.15, 0.2) is 48.5 Å². The lowest BCUT2D eigenvalue weighted by Crippen LogP contribution is -2.68. The van der Waals surface area contributed by atoms with Gasteiger partial charge in [0.2, 0.25) is 5.91 Å². The summed E-state index contributed by atoms with van der Waals surface area (Å²) >= 11 is 0. The van der Waals surface area contributed by atoms with E-state index in [0.29, 0.717) is 11.5 Å². The van der Waals surface area contributed by atoms with Gasteiger partial charge in [-0.15, -0.1) is 0 Å². The number of hydrogen-bond donors (Lipinski definition) is 1. The van der Waals surface area contributed by atoms with Gasteiger partial charge in [-0.1, -0.05) is 49.2 Å². The van der Waals surface area contributed by atoms with E-state index in [1.54, 1.807) is 19.0 Å². The molecule has 2 amide bonds. The average molecular weight is 490 g/mol. The van der Waals surface area contributed by atoms with E-state index in [9.17, 15) is 14.7 Å². The van der Waals surface area contributed by atoms with Gasteiger partial charge in [-0.3, -0.25) is 14.5 Å². The normalized spacial score (nSPS) is 25.0. The summed E-state index contributed by atoms with van der Waals surface area (Å²) in [5.41, 5.74) is 4.09. The molecule has 5 rings (SSSR count). The molecule has 2 heterocycles. The Balaban J connectivity index is 1.33. The van der Waals surface area contributed by atoms with Gasteiger partial charge in [-0.2, -0.15) is 0 Å². The van der Waals surface area contributed by atoms with Gasteiger partial charge in [0.1, 0.15) is 0 Å². The van der Waals surface area contributed by atoms with Crippen molar-refractivity contribution in [1.29, 1.82) is 0 Å². The monoisotopic (exact) mass is 489 g/mol. The van der Waals surface area contributed by atoms with Crippen molar-refractivity contribution in [2.45, 2.75) is 56.5 Å². The van der Waals surface area contributed by atoms with Crippen LogP contribution >= 0.6 is 0 Å². The molecule has 2 aromatic rings. The predicted octanol–water partition coefficient (Wildman–Crippen LogP) is 4.00. The van der Waals surface area contributed by atoms with Crippen molar-refractivity contribution in [2.75, 3.05) is 40.3 Å². The van der Waals surface area contributed by atoms with Gasteiger partial charge in [0, 0.05) is 56.7 Å². The maximum Gasteiger partial charge on any atom is 0.253 e. The second-order valence-electron chi connectivity index (χ2n) is 11.0. The molecule has 6 nitrogen and oxygen atoms in total. The smallest absolute Gasteiger partial charge is 0.253 e. The number of carbonyl (C=O) groups excluding carboxylic acids is 2. The van der Waals surface area contributed by atoms with Gasteiger partial charge in [-0.25, -0.2) is 0 Å². The molecule has 2 aromatic carbocycles. The number of hydrogen-bond acceptors (Lipinski definition) is 4. The number of aliphatic hydroxyl groups is 1. The van der Waals surface area contributed by atoms with E-state index < -0.39 is 0 Å². The van der Waals surface area contributed by atoms with E-state index in [1.165, 1.54) is 18.4 Å². The van der Waals surface area contributed by atoms with Crippen molar-refractivity contribution in [3.05, 3.63) is 59.7 Å². The molecule has 1 aliphatic carbocycles. The lowest BCUT2D eigenvalue weighted by atomic mass is 9.74. The van der Waals surface area contributed by atoms with Crippen molar-refractivity contribution in [3.8, 4) is 11.1 Å². The summed E-state index contributed by atoms with van der Waals surface area (Å²) in [7, 11) is 3.52. The van der Waals surface area contributed by atoms with Crippen LogP contribution in [0.25, 0.3) is 11.1 Å². The Bertz CT molecular complexity index is 1060. The number of amides is 2. The maximum atomic E-state index is 13.3. The molecule has 3 atom stereocenters. The first kappa shape index (κ1) is 25.0. The van der Waals surface area contributed by atoms with E-state index in [0.717, 1.165) is 56.4 Å². The fraction of sp³-hybridized carbons (Fsp3) is 0.533. The molecule has 3 aliphatic rings. The quantitative estimate of drug-likeness (QED) is 0.690. The third kappa shape index (κ3) is 4.81. The maximum absolute atomic E-state index is 13.3.